The average Bonchev–Trinajstić information content (AvgIpc) is 3.53. The molecule has 5 aromatic carbocycles. The highest BCUT2D eigenvalue weighted by atomic mass is 16.3. The van der Waals surface area contributed by atoms with Gasteiger partial charge in [-0.25, -0.2) is 0 Å². The molecule has 0 saturated heterocycles. The number of rotatable bonds is 2. The second kappa shape index (κ2) is 12.4. The van der Waals surface area contributed by atoms with E-state index in [9.17, 15) is 0 Å². The zero-order valence-corrected chi connectivity index (χ0v) is 36.6. The van der Waals surface area contributed by atoms with Crippen molar-refractivity contribution in [3.05, 3.63) is 125 Å². The molecule has 0 spiro atoms. The maximum atomic E-state index is 6.47. The zero-order valence-electron chi connectivity index (χ0n) is 36.6. The fraction of sp³-hybridized carbons (Fsp3) is 0.385. The van der Waals surface area contributed by atoms with Gasteiger partial charge in [0.05, 0.1) is 6.26 Å². The van der Waals surface area contributed by atoms with Crippen LogP contribution in [0.25, 0.3) is 11.0 Å². The molecule has 0 unspecified atom stereocenters. The molecule has 1 aromatic heterocycles. The van der Waals surface area contributed by atoms with Gasteiger partial charge in [0.25, 0.3) is 6.71 Å². The van der Waals surface area contributed by atoms with Crippen LogP contribution in [-0.2, 0) is 27.1 Å². The second-order valence-corrected chi connectivity index (χ2v) is 21.7. The SMILES string of the molecule is CC(C)(C)c1ccc(N2c3ccc(C(C)(C)C)cc3B3c4cc5c(C(C)(C)C)coc5cc4N(c4ccc(C(C)(C)C)cc4)c4cc(C(C)(C)C)cc2c43)cc1. The highest BCUT2D eigenvalue weighted by molar-refractivity contribution is 7.00. The summed E-state index contributed by atoms with van der Waals surface area (Å²) in [6.07, 6.45) is 1.99. The number of furan rings is 1. The lowest BCUT2D eigenvalue weighted by Crippen LogP contribution is -2.61. The third-order valence-corrected chi connectivity index (χ3v) is 12.3. The van der Waals surface area contributed by atoms with Crippen LogP contribution in [0.15, 0.2) is 102 Å². The number of benzene rings is 5. The highest BCUT2D eigenvalue weighted by Gasteiger charge is 2.45. The van der Waals surface area contributed by atoms with E-state index in [0.717, 1.165) is 11.3 Å². The number of hydrogen-bond acceptors (Lipinski definition) is 3. The van der Waals surface area contributed by atoms with Gasteiger partial charge in [0.1, 0.15) is 5.58 Å². The molecule has 3 heterocycles. The highest BCUT2D eigenvalue weighted by Crippen LogP contribution is 2.48. The number of hydrogen-bond donors (Lipinski definition) is 0. The molecule has 3 nitrogen and oxygen atoms in total. The van der Waals surface area contributed by atoms with E-state index in [1.165, 1.54) is 78.0 Å². The first kappa shape index (κ1) is 38.2. The van der Waals surface area contributed by atoms with Crippen LogP contribution in [0.5, 0.6) is 0 Å². The van der Waals surface area contributed by atoms with Crippen LogP contribution in [-0.4, -0.2) is 6.71 Å². The lowest BCUT2D eigenvalue weighted by molar-refractivity contribution is 0.557. The Labute approximate surface area is 337 Å². The van der Waals surface area contributed by atoms with Crippen molar-refractivity contribution in [2.75, 3.05) is 9.80 Å². The van der Waals surface area contributed by atoms with Crippen molar-refractivity contribution in [1.82, 2.24) is 0 Å². The van der Waals surface area contributed by atoms with Crippen molar-refractivity contribution in [3.8, 4) is 0 Å². The first-order chi connectivity index (χ1) is 25.9. The minimum absolute atomic E-state index is 0.0142. The van der Waals surface area contributed by atoms with E-state index in [-0.39, 0.29) is 33.8 Å². The molecule has 0 fully saturated rings. The Kier molecular flexibility index (Phi) is 8.46. The maximum Gasteiger partial charge on any atom is 0.252 e. The van der Waals surface area contributed by atoms with Crippen LogP contribution in [0.4, 0.5) is 34.1 Å². The fourth-order valence-corrected chi connectivity index (χ4v) is 8.78. The van der Waals surface area contributed by atoms with Gasteiger partial charge in [0.2, 0.25) is 0 Å². The van der Waals surface area contributed by atoms with Gasteiger partial charge in [-0.05, 0) is 108 Å². The van der Waals surface area contributed by atoms with Crippen LogP contribution >= 0.6 is 0 Å². The van der Waals surface area contributed by atoms with Gasteiger partial charge >= 0.3 is 0 Å². The van der Waals surface area contributed by atoms with Gasteiger partial charge in [-0.1, -0.05) is 146 Å². The van der Waals surface area contributed by atoms with Crippen LogP contribution in [0.2, 0.25) is 0 Å². The van der Waals surface area contributed by atoms with Gasteiger partial charge < -0.3 is 14.2 Å². The molecule has 0 aliphatic carbocycles. The summed E-state index contributed by atoms with van der Waals surface area (Å²) in [5, 5.41) is 1.20. The molecule has 0 amide bonds. The van der Waals surface area contributed by atoms with E-state index in [1.54, 1.807) is 0 Å². The van der Waals surface area contributed by atoms with E-state index in [4.69, 9.17) is 4.42 Å². The van der Waals surface area contributed by atoms with E-state index in [0.29, 0.717) is 0 Å². The molecule has 0 bridgehead atoms. The molecule has 0 atom stereocenters. The Morgan fingerprint density at radius 2 is 0.857 bits per heavy atom. The quantitative estimate of drug-likeness (QED) is 0.165. The maximum absolute atomic E-state index is 6.47. The molecule has 6 aromatic rings. The number of fused-ring (bicyclic) bond motifs is 5. The Morgan fingerprint density at radius 3 is 1.32 bits per heavy atom. The van der Waals surface area contributed by atoms with Crippen LogP contribution in [0.1, 0.15) is 132 Å². The van der Waals surface area contributed by atoms with Crippen molar-refractivity contribution in [2.24, 2.45) is 0 Å². The largest absolute Gasteiger partial charge is 0.464 e. The molecule has 2 aliphatic heterocycles. The molecular weight excluding hydrogens is 679 g/mol. The molecule has 288 valence electrons. The average molecular weight is 741 g/mol. The molecular formula is C52H61BN2O. The summed E-state index contributed by atoms with van der Waals surface area (Å²) in [5.41, 5.74) is 18.7. The minimum Gasteiger partial charge on any atom is -0.464 e. The van der Waals surface area contributed by atoms with Gasteiger partial charge in [0.15, 0.2) is 0 Å². The normalized spacial score (nSPS) is 14.6. The monoisotopic (exact) mass is 740 g/mol. The summed E-state index contributed by atoms with van der Waals surface area (Å²) >= 11 is 0. The van der Waals surface area contributed by atoms with Crippen LogP contribution < -0.4 is 26.2 Å². The summed E-state index contributed by atoms with van der Waals surface area (Å²) in [6, 6.07) is 35.7. The third-order valence-electron chi connectivity index (χ3n) is 12.3. The summed E-state index contributed by atoms with van der Waals surface area (Å²) < 4.78 is 6.47. The Bertz CT molecular complexity index is 2480. The number of nitrogens with zero attached hydrogens (tertiary/aromatic N) is 2. The van der Waals surface area contributed by atoms with Gasteiger partial charge in [0, 0.05) is 51.1 Å². The van der Waals surface area contributed by atoms with E-state index < -0.39 is 0 Å². The predicted molar refractivity (Wildman–Crippen MR) is 244 cm³/mol. The topological polar surface area (TPSA) is 19.6 Å². The lowest BCUT2D eigenvalue weighted by atomic mass is 9.33. The Morgan fingerprint density at radius 1 is 0.411 bits per heavy atom. The van der Waals surface area contributed by atoms with E-state index in [2.05, 4.69) is 205 Å². The zero-order chi connectivity index (χ0) is 40.5. The van der Waals surface area contributed by atoms with Gasteiger partial charge in [-0.2, -0.15) is 0 Å². The Hall–Kier alpha value is -4.70. The standard InChI is InChI=1S/C52H61BN2O/c1-48(2,3)32-16-21-36(22-17-32)54-42-25-20-34(50(7,8)9)26-40(42)53-41-29-38-39(52(13,14)15)31-56-46(38)30-43(41)55(37-23-18-33(19-24-37)49(4,5)6)45-28-35(51(10,11)12)27-44(54)47(45)53/h16-31H,1-15H3. The first-order valence-corrected chi connectivity index (χ1v) is 20.6. The van der Waals surface area contributed by atoms with Crippen molar-refractivity contribution < 1.29 is 4.42 Å². The Balaban J connectivity index is 1.52. The van der Waals surface area contributed by atoms with Crippen LogP contribution in [0, 0.1) is 0 Å². The molecule has 0 saturated carbocycles. The van der Waals surface area contributed by atoms with Crippen molar-refractivity contribution in [3.63, 3.8) is 0 Å². The molecule has 8 rings (SSSR count). The first-order valence-electron chi connectivity index (χ1n) is 20.6. The molecule has 0 radical (unpaired) electrons. The van der Waals surface area contributed by atoms with E-state index >= 15 is 0 Å². The predicted octanol–water partition coefficient (Wildman–Crippen LogP) is 13.0. The van der Waals surface area contributed by atoms with Crippen molar-refractivity contribution in [2.45, 2.75) is 131 Å². The van der Waals surface area contributed by atoms with Crippen molar-refractivity contribution >= 4 is 68.2 Å². The molecule has 0 N–H and O–H groups in total. The summed E-state index contributed by atoms with van der Waals surface area (Å²) in [5.74, 6) is 0. The minimum atomic E-state index is -0.0895. The molecule has 56 heavy (non-hydrogen) atoms. The molecule has 2 aliphatic rings. The van der Waals surface area contributed by atoms with Crippen molar-refractivity contribution in [1.29, 1.82) is 0 Å². The molecule has 4 heteroatoms. The third kappa shape index (κ3) is 6.28. The number of anilines is 6. The van der Waals surface area contributed by atoms with E-state index in [1.807, 2.05) is 6.26 Å². The fourth-order valence-electron chi connectivity index (χ4n) is 8.78. The smallest absolute Gasteiger partial charge is 0.252 e. The summed E-state index contributed by atoms with van der Waals surface area (Å²) in [7, 11) is 0. The van der Waals surface area contributed by atoms with Gasteiger partial charge in [-0.3, -0.25) is 0 Å². The van der Waals surface area contributed by atoms with Crippen LogP contribution in [0.3, 0.4) is 0 Å². The lowest BCUT2D eigenvalue weighted by Gasteiger charge is -2.45. The second-order valence-electron chi connectivity index (χ2n) is 21.7. The summed E-state index contributed by atoms with van der Waals surface area (Å²) in [6.45, 7) is 34.6. The summed E-state index contributed by atoms with van der Waals surface area (Å²) in [4.78, 5) is 5.09. The van der Waals surface area contributed by atoms with Gasteiger partial charge in [-0.15, -0.1) is 0 Å².